The Hall–Kier alpha value is -2.77. The number of rotatable bonds is 3. The SMILES string of the molecule is COc1cc(OC)cc(C(=O)N2CCC3(CC2)C(=O)N(C)C(=O)N3C)c1. The van der Waals surface area contributed by atoms with Crippen molar-refractivity contribution in [2.75, 3.05) is 41.4 Å². The number of carbonyl (C=O) groups is 3. The molecule has 1 aromatic rings. The van der Waals surface area contributed by atoms with Crippen LogP contribution in [0.3, 0.4) is 0 Å². The number of imide groups is 1. The number of hydrogen-bond donors (Lipinski definition) is 0. The Bertz CT molecular complexity index is 733. The molecular formula is C18H23N3O5. The second-order valence-electron chi connectivity index (χ2n) is 6.63. The van der Waals surface area contributed by atoms with Crippen LogP contribution in [0.25, 0.3) is 0 Å². The van der Waals surface area contributed by atoms with Gasteiger partial charge in [0.1, 0.15) is 17.0 Å². The molecule has 2 saturated heterocycles. The number of ether oxygens (including phenoxy) is 2. The minimum Gasteiger partial charge on any atom is -0.497 e. The van der Waals surface area contributed by atoms with Gasteiger partial charge in [-0.25, -0.2) is 4.79 Å². The van der Waals surface area contributed by atoms with Gasteiger partial charge in [-0.05, 0) is 25.0 Å². The lowest BCUT2D eigenvalue weighted by Gasteiger charge is -2.40. The Kier molecular flexibility index (Phi) is 4.52. The molecule has 26 heavy (non-hydrogen) atoms. The lowest BCUT2D eigenvalue weighted by molar-refractivity contribution is -0.134. The summed E-state index contributed by atoms with van der Waals surface area (Å²) in [6.45, 7) is 0.797. The molecule has 2 aliphatic rings. The van der Waals surface area contributed by atoms with Crippen molar-refractivity contribution < 1.29 is 23.9 Å². The van der Waals surface area contributed by atoms with Crippen molar-refractivity contribution in [3.63, 3.8) is 0 Å². The van der Waals surface area contributed by atoms with E-state index in [4.69, 9.17) is 9.47 Å². The van der Waals surface area contributed by atoms with Crippen LogP contribution < -0.4 is 9.47 Å². The van der Waals surface area contributed by atoms with E-state index in [2.05, 4.69) is 0 Å². The molecule has 1 aromatic carbocycles. The standard InChI is InChI=1S/C18H23N3O5/c1-19-16(23)18(20(2)17(19)24)5-7-21(8-6-18)15(22)12-9-13(25-3)11-14(10-12)26-4/h9-11H,5-8H2,1-4H3. The first-order valence-corrected chi connectivity index (χ1v) is 8.42. The largest absolute Gasteiger partial charge is 0.497 e. The zero-order chi connectivity index (χ0) is 19.1. The molecule has 0 bridgehead atoms. The minimum absolute atomic E-state index is 0.148. The third-order valence-electron chi connectivity index (χ3n) is 5.39. The number of benzene rings is 1. The zero-order valence-corrected chi connectivity index (χ0v) is 15.4. The Labute approximate surface area is 152 Å². The topological polar surface area (TPSA) is 79.4 Å². The number of nitrogens with zero attached hydrogens (tertiary/aromatic N) is 3. The van der Waals surface area contributed by atoms with Crippen LogP contribution in [0.1, 0.15) is 23.2 Å². The van der Waals surface area contributed by atoms with Gasteiger partial charge in [-0.1, -0.05) is 0 Å². The van der Waals surface area contributed by atoms with E-state index in [1.807, 2.05) is 0 Å². The average Bonchev–Trinajstić information content (AvgIpc) is 2.83. The van der Waals surface area contributed by atoms with Gasteiger partial charge >= 0.3 is 6.03 Å². The number of methoxy groups -OCH3 is 2. The number of urea groups is 1. The number of hydrogen-bond acceptors (Lipinski definition) is 5. The summed E-state index contributed by atoms with van der Waals surface area (Å²) in [6.07, 6.45) is 0.844. The Morgan fingerprint density at radius 1 is 1.00 bits per heavy atom. The number of amides is 4. The summed E-state index contributed by atoms with van der Waals surface area (Å²) in [6, 6.07) is 4.74. The van der Waals surface area contributed by atoms with Crippen molar-refractivity contribution in [3.8, 4) is 11.5 Å². The fourth-order valence-electron chi connectivity index (χ4n) is 3.69. The number of likely N-dealkylation sites (tertiary alicyclic amines) is 1. The average molecular weight is 361 g/mol. The van der Waals surface area contributed by atoms with Crippen molar-refractivity contribution in [1.29, 1.82) is 0 Å². The highest BCUT2D eigenvalue weighted by atomic mass is 16.5. The van der Waals surface area contributed by atoms with Gasteiger partial charge in [0.25, 0.3) is 11.8 Å². The fourth-order valence-corrected chi connectivity index (χ4v) is 3.69. The molecule has 0 saturated carbocycles. The molecule has 140 valence electrons. The number of piperidine rings is 1. The molecule has 0 N–H and O–H groups in total. The molecular weight excluding hydrogens is 338 g/mol. The first kappa shape index (κ1) is 18.0. The number of likely N-dealkylation sites (N-methyl/N-ethyl adjacent to an activating group) is 2. The third kappa shape index (κ3) is 2.65. The van der Waals surface area contributed by atoms with Gasteiger partial charge in [-0.2, -0.15) is 0 Å². The summed E-state index contributed by atoms with van der Waals surface area (Å²) in [4.78, 5) is 41.9. The van der Waals surface area contributed by atoms with Crippen molar-refractivity contribution in [2.24, 2.45) is 0 Å². The van der Waals surface area contributed by atoms with Gasteiger partial charge in [-0.15, -0.1) is 0 Å². The molecule has 2 aliphatic heterocycles. The smallest absolute Gasteiger partial charge is 0.327 e. The van der Waals surface area contributed by atoms with Gasteiger partial charge in [-0.3, -0.25) is 14.5 Å². The molecule has 0 unspecified atom stereocenters. The minimum atomic E-state index is -0.839. The first-order chi connectivity index (χ1) is 12.3. The van der Waals surface area contributed by atoms with E-state index in [0.717, 1.165) is 4.90 Å². The van der Waals surface area contributed by atoms with Crippen LogP contribution >= 0.6 is 0 Å². The highest BCUT2D eigenvalue weighted by molar-refractivity contribution is 6.07. The molecule has 8 nitrogen and oxygen atoms in total. The van der Waals surface area contributed by atoms with E-state index in [1.165, 1.54) is 26.2 Å². The second kappa shape index (κ2) is 6.51. The molecule has 0 atom stereocenters. The summed E-state index contributed by atoms with van der Waals surface area (Å²) in [5.41, 5.74) is -0.370. The quantitative estimate of drug-likeness (QED) is 0.756. The summed E-state index contributed by atoms with van der Waals surface area (Å²) in [5, 5.41) is 0. The Balaban J connectivity index is 1.77. The van der Waals surface area contributed by atoms with Gasteiger partial charge in [0.15, 0.2) is 0 Å². The monoisotopic (exact) mass is 361 g/mol. The van der Waals surface area contributed by atoms with Crippen LogP contribution in [-0.2, 0) is 4.79 Å². The summed E-state index contributed by atoms with van der Waals surface area (Å²) in [5.74, 6) is 0.739. The highest BCUT2D eigenvalue weighted by Gasteiger charge is 2.55. The molecule has 2 heterocycles. The van der Waals surface area contributed by atoms with Gasteiger partial charge in [0.2, 0.25) is 0 Å². The van der Waals surface area contributed by atoms with E-state index in [9.17, 15) is 14.4 Å². The predicted molar refractivity (Wildman–Crippen MR) is 93.3 cm³/mol. The van der Waals surface area contributed by atoms with Gasteiger partial charge < -0.3 is 19.3 Å². The zero-order valence-electron chi connectivity index (χ0n) is 15.4. The first-order valence-electron chi connectivity index (χ1n) is 8.42. The maximum absolute atomic E-state index is 12.9. The lowest BCUT2D eigenvalue weighted by Crippen LogP contribution is -2.56. The normalized spacial score (nSPS) is 19.3. The maximum Gasteiger partial charge on any atom is 0.327 e. The van der Waals surface area contributed by atoms with Crippen LogP contribution in [0, 0.1) is 0 Å². The predicted octanol–water partition coefficient (Wildman–Crippen LogP) is 1.20. The maximum atomic E-state index is 12.9. The summed E-state index contributed by atoms with van der Waals surface area (Å²) >= 11 is 0. The lowest BCUT2D eigenvalue weighted by atomic mass is 9.86. The van der Waals surface area contributed by atoms with Crippen molar-refractivity contribution >= 4 is 17.8 Å². The Morgan fingerprint density at radius 3 is 1.96 bits per heavy atom. The van der Waals surface area contributed by atoms with Gasteiger partial charge in [0.05, 0.1) is 14.2 Å². The second-order valence-corrected chi connectivity index (χ2v) is 6.63. The molecule has 8 heteroatoms. The number of carbonyl (C=O) groups excluding carboxylic acids is 3. The van der Waals surface area contributed by atoms with Crippen molar-refractivity contribution in [2.45, 2.75) is 18.4 Å². The third-order valence-corrected chi connectivity index (χ3v) is 5.39. The highest BCUT2D eigenvalue weighted by Crippen LogP contribution is 2.36. The van der Waals surface area contributed by atoms with E-state index >= 15 is 0 Å². The molecule has 2 fully saturated rings. The van der Waals surface area contributed by atoms with Crippen molar-refractivity contribution in [3.05, 3.63) is 23.8 Å². The van der Waals surface area contributed by atoms with Crippen LogP contribution in [-0.4, -0.2) is 79.5 Å². The van der Waals surface area contributed by atoms with Crippen LogP contribution in [0.4, 0.5) is 4.79 Å². The Morgan fingerprint density at radius 2 is 1.54 bits per heavy atom. The van der Waals surface area contributed by atoms with Crippen molar-refractivity contribution in [1.82, 2.24) is 14.7 Å². The molecule has 0 aromatic heterocycles. The van der Waals surface area contributed by atoms with E-state index in [-0.39, 0.29) is 17.8 Å². The molecule has 3 rings (SSSR count). The van der Waals surface area contributed by atoms with E-state index < -0.39 is 5.54 Å². The molecule has 4 amide bonds. The van der Waals surface area contributed by atoms with E-state index in [0.29, 0.717) is 43.0 Å². The van der Waals surface area contributed by atoms with Crippen LogP contribution in [0.2, 0.25) is 0 Å². The van der Waals surface area contributed by atoms with Gasteiger partial charge in [0, 0.05) is 38.8 Å². The fraction of sp³-hybridized carbons (Fsp3) is 0.500. The molecule has 1 spiro atoms. The summed E-state index contributed by atoms with van der Waals surface area (Å²) < 4.78 is 10.4. The summed E-state index contributed by atoms with van der Waals surface area (Å²) in [7, 11) is 6.20. The van der Waals surface area contributed by atoms with E-state index in [1.54, 1.807) is 30.1 Å². The van der Waals surface area contributed by atoms with Crippen LogP contribution in [0.15, 0.2) is 18.2 Å². The molecule has 0 aliphatic carbocycles. The van der Waals surface area contributed by atoms with Crippen LogP contribution in [0.5, 0.6) is 11.5 Å². The molecule has 0 radical (unpaired) electrons.